The van der Waals surface area contributed by atoms with E-state index in [2.05, 4.69) is 48.3 Å². The first-order valence-corrected chi connectivity index (χ1v) is 6.08. The van der Waals surface area contributed by atoms with Gasteiger partial charge in [-0.25, -0.2) is 0 Å². The SMILES string of the molecule is CCc1c(N)n[nH]c1CCc1cccc(C)c1. The van der Waals surface area contributed by atoms with Gasteiger partial charge in [0.05, 0.1) is 0 Å². The number of aromatic amines is 1. The standard InChI is InChI=1S/C14H19N3/c1-3-12-13(16-17-14(12)15)8-7-11-6-4-5-10(2)9-11/h4-6,9H,3,7-8H2,1-2H3,(H3,15,16,17). The molecule has 2 aromatic rings. The topological polar surface area (TPSA) is 54.7 Å². The number of anilines is 1. The highest BCUT2D eigenvalue weighted by molar-refractivity contribution is 5.42. The Kier molecular flexibility index (Phi) is 3.47. The van der Waals surface area contributed by atoms with Crippen LogP contribution in [-0.2, 0) is 19.3 Å². The fourth-order valence-electron chi connectivity index (χ4n) is 2.16. The van der Waals surface area contributed by atoms with Crippen molar-refractivity contribution in [1.82, 2.24) is 10.2 Å². The van der Waals surface area contributed by atoms with Gasteiger partial charge in [0.2, 0.25) is 0 Å². The lowest BCUT2D eigenvalue weighted by Crippen LogP contribution is -1.97. The van der Waals surface area contributed by atoms with Gasteiger partial charge in [-0.1, -0.05) is 36.8 Å². The summed E-state index contributed by atoms with van der Waals surface area (Å²) in [6.45, 7) is 4.23. The zero-order valence-corrected chi connectivity index (χ0v) is 10.5. The second-order valence-electron chi connectivity index (χ2n) is 4.41. The van der Waals surface area contributed by atoms with Crippen LogP contribution in [0.1, 0.15) is 29.3 Å². The molecule has 0 saturated carbocycles. The van der Waals surface area contributed by atoms with Gasteiger partial charge >= 0.3 is 0 Å². The number of aromatic nitrogens is 2. The summed E-state index contributed by atoms with van der Waals surface area (Å²) in [7, 11) is 0. The van der Waals surface area contributed by atoms with Crippen LogP contribution in [0.4, 0.5) is 5.82 Å². The van der Waals surface area contributed by atoms with Gasteiger partial charge in [0.1, 0.15) is 5.82 Å². The van der Waals surface area contributed by atoms with Crippen LogP contribution in [0, 0.1) is 6.92 Å². The molecule has 0 spiro atoms. The van der Waals surface area contributed by atoms with Gasteiger partial charge in [-0.15, -0.1) is 0 Å². The Morgan fingerprint density at radius 1 is 1.29 bits per heavy atom. The Labute approximate surface area is 102 Å². The van der Waals surface area contributed by atoms with Gasteiger partial charge in [-0.05, 0) is 31.7 Å². The van der Waals surface area contributed by atoms with Crippen molar-refractivity contribution in [3.8, 4) is 0 Å². The van der Waals surface area contributed by atoms with Gasteiger partial charge in [0.15, 0.2) is 0 Å². The molecule has 1 aromatic heterocycles. The van der Waals surface area contributed by atoms with Gasteiger partial charge in [0.25, 0.3) is 0 Å². The lowest BCUT2D eigenvalue weighted by molar-refractivity contribution is 0.877. The Hall–Kier alpha value is -1.77. The third-order valence-corrected chi connectivity index (χ3v) is 3.08. The summed E-state index contributed by atoms with van der Waals surface area (Å²) in [5, 5.41) is 7.10. The first kappa shape index (κ1) is 11.7. The number of rotatable bonds is 4. The van der Waals surface area contributed by atoms with Crippen LogP contribution in [0.15, 0.2) is 24.3 Å². The van der Waals surface area contributed by atoms with Gasteiger partial charge in [-0.3, -0.25) is 5.10 Å². The van der Waals surface area contributed by atoms with Gasteiger partial charge < -0.3 is 5.73 Å². The second kappa shape index (κ2) is 5.04. The molecule has 0 aliphatic rings. The minimum atomic E-state index is 0.645. The van der Waals surface area contributed by atoms with Crippen LogP contribution < -0.4 is 5.73 Å². The lowest BCUT2D eigenvalue weighted by Gasteiger charge is -2.03. The number of benzene rings is 1. The Morgan fingerprint density at radius 2 is 2.12 bits per heavy atom. The molecule has 0 radical (unpaired) electrons. The monoisotopic (exact) mass is 229 g/mol. The summed E-state index contributed by atoms with van der Waals surface area (Å²) in [5.41, 5.74) is 10.8. The van der Waals surface area contributed by atoms with E-state index in [9.17, 15) is 0 Å². The first-order chi connectivity index (χ1) is 8.20. The van der Waals surface area contributed by atoms with Crippen molar-refractivity contribution in [3.63, 3.8) is 0 Å². The lowest BCUT2D eigenvalue weighted by atomic mass is 10.0. The van der Waals surface area contributed by atoms with E-state index in [0.29, 0.717) is 5.82 Å². The zero-order chi connectivity index (χ0) is 12.3. The minimum absolute atomic E-state index is 0.645. The molecule has 0 unspecified atom stereocenters. The largest absolute Gasteiger partial charge is 0.382 e. The summed E-state index contributed by atoms with van der Waals surface area (Å²) >= 11 is 0. The van der Waals surface area contributed by atoms with E-state index in [1.807, 2.05) is 0 Å². The summed E-state index contributed by atoms with van der Waals surface area (Å²) in [5.74, 6) is 0.645. The maximum Gasteiger partial charge on any atom is 0.148 e. The van der Waals surface area contributed by atoms with E-state index in [1.165, 1.54) is 16.8 Å². The molecule has 1 aromatic carbocycles. The number of nitrogen functional groups attached to an aromatic ring is 1. The third kappa shape index (κ3) is 2.67. The van der Waals surface area contributed by atoms with Crippen molar-refractivity contribution < 1.29 is 0 Å². The second-order valence-corrected chi connectivity index (χ2v) is 4.41. The maximum atomic E-state index is 5.80. The number of H-pyrrole nitrogens is 1. The Morgan fingerprint density at radius 3 is 2.82 bits per heavy atom. The van der Waals surface area contributed by atoms with E-state index in [-0.39, 0.29) is 0 Å². The molecular formula is C14H19N3. The fraction of sp³-hybridized carbons (Fsp3) is 0.357. The summed E-state index contributed by atoms with van der Waals surface area (Å²) < 4.78 is 0. The van der Waals surface area contributed by atoms with Crippen LogP contribution in [0.5, 0.6) is 0 Å². The number of hydrogen-bond donors (Lipinski definition) is 2. The van der Waals surface area contributed by atoms with E-state index < -0.39 is 0 Å². The highest BCUT2D eigenvalue weighted by Gasteiger charge is 2.08. The number of nitrogens with two attached hydrogens (primary N) is 1. The van der Waals surface area contributed by atoms with Crippen LogP contribution in [0.2, 0.25) is 0 Å². The first-order valence-electron chi connectivity index (χ1n) is 6.08. The molecule has 0 atom stereocenters. The Balaban J connectivity index is 2.07. The van der Waals surface area contributed by atoms with Crippen LogP contribution >= 0.6 is 0 Å². The van der Waals surface area contributed by atoms with E-state index in [4.69, 9.17) is 5.73 Å². The summed E-state index contributed by atoms with van der Waals surface area (Å²) in [6.07, 6.45) is 2.93. The maximum absolute atomic E-state index is 5.80. The smallest absolute Gasteiger partial charge is 0.148 e. The van der Waals surface area contributed by atoms with Gasteiger partial charge in [-0.2, -0.15) is 5.10 Å². The molecule has 3 N–H and O–H groups in total. The summed E-state index contributed by atoms with van der Waals surface area (Å²) in [6, 6.07) is 8.62. The van der Waals surface area contributed by atoms with Crippen molar-refractivity contribution in [2.75, 3.05) is 5.73 Å². The zero-order valence-electron chi connectivity index (χ0n) is 10.5. The van der Waals surface area contributed by atoms with Crippen molar-refractivity contribution in [3.05, 3.63) is 46.6 Å². The molecule has 90 valence electrons. The molecule has 0 aliphatic heterocycles. The molecule has 3 nitrogen and oxygen atoms in total. The number of aryl methyl sites for hydroxylation is 3. The molecule has 0 amide bonds. The van der Waals surface area contributed by atoms with E-state index >= 15 is 0 Å². The van der Waals surface area contributed by atoms with Crippen molar-refractivity contribution >= 4 is 5.82 Å². The average Bonchev–Trinajstić information content (AvgIpc) is 2.67. The van der Waals surface area contributed by atoms with Crippen molar-refractivity contribution in [1.29, 1.82) is 0 Å². The van der Waals surface area contributed by atoms with E-state index in [1.54, 1.807) is 0 Å². The molecule has 17 heavy (non-hydrogen) atoms. The molecule has 1 heterocycles. The highest BCUT2D eigenvalue weighted by Crippen LogP contribution is 2.16. The predicted octanol–water partition coefficient (Wildman–Crippen LogP) is 2.65. The Bertz CT molecular complexity index is 500. The minimum Gasteiger partial charge on any atom is -0.382 e. The van der Waals surface area contributed by atoms with Gasteiger partial charge in [0, 0.05) is 11.3 Å². The van der Waals surface area contributed by atoms with Crippen LogP contribution in [0.3, 0.4) is 0 Å². The highest BCUT2D eigenvalue weighted by atomic mass is 15.2. The molecular weight excluding hydrogens is 210 g/mol. The molecule has 0 saturated heterocycles. The fourth-order valence-corrected chi connectivity index (χ4v) is 2.16. The third-order valence-electron chi connectivity index (χ3n) is 3.08. The van der Waals surface area contributed by atoms with Crippen LogP contribution in [-0.4, -0.2) is 10.2 Å². The van der Waals surface area contributed by atoms with Crippen LogP contribution in [0.25, 0.3) is 0 Å². The molecule has 0 bridgehead atoms. The number of hydrogen-bond acceptors (Lipinski definition) is 2. The average molecular weight is 229 g/mol. The van der Waals surface area contributed by atoms with Crippen molar-refractivity contribution in [2.24, 2.45) is 0 Å². The van der Waals surface area contributed by atoms with E-state index in [0.717, 1.165) is 24.8 Å². The van der Waals surface area contributed by atoms with Crippen molar-refractivity contribution in [2.45, 2.75) is 33.1 Å². The number of nitrogens with one attached hydrogen (secondary N) is 1. The molecule has 2 rings (SSSR count). The predicted molar refractivity (Wildman–Crippen MR) is 71.0 cm³/mol. The molecule has 0 aliphatic carbocycles. The molecule has 0 fully saturated rings. The quantitative estimate of drug-likeness (QED) is 0.846. The summed E-state index contributed by atoms with van der Waals surface area (Å²) in [4.78, 5) is 0. The normalized spacial score (nSPS) is 10.7. The molecule has 3 heteroatoms. The number of nitrogens with zero attached hydrogens (tertiary/aromatic N) is 1.